The van der Waals surface area contributed by atoms with Crippen molar-refractivity contribution in [3.63, 3.8) is 0 Å². The first kappa shape index (κ1) is 11.6. The molecule has 15 heavy (non-hydrogen) atoms. The molecule has 82 valence electrons. The van der Waals surface area contributed by atoms with E-state index >= 15 is 0 Å². The third-order valence-electron chi connectivity index (χ3n) is 2.69. The third kappa shape index (κ3) is 3.28. The molecule has 4 heteroatoms. The Balaban J connectivity index is 2.53. The number of carboxylic acids is 1. The molecule has 2 atom stereocenters. The van der Waals surface area contributed by atoms with Crippen LogP contribution in [0, 0.1) is 18.3 Å². The fraction of sp³-hybridized carbons (Fsp3) is 0.636. The number of carbonyl (C=O) groups excluding carboxylic acids is 1. The van der Waals surface area contributed by atoms with Crippen LogP contribution < -0.4 is 5.32 Å². The lowest BCUT2D eigenvalue weighted by Crippen LogP contribution is -2.44. The van der Waals surface area contributed by atoms with Crippen LogP contribution in [0.3, 0.4) is 0 Å². The van der Waals surface area contributed by atoms with Crippen LogP contribution in [0.15, 0.2) is 0 Å². The minimum Gasteiger partial charge on any atom is -0.481 e. The monoisotopic (exact) mass is 209 g/mol. The molecule has 1 aliphatic rings. The Morgan fingerprint density at radius 1 is 1.40 bits per heavy atom. The van der Waals surface area contributed by atoms with Crippen molar-refractivity contribution in [3.8, 4) is 12.3 Å². The smallest absolute Gasteiger partial charge is 0.308 e. The standard InChI is InChI=1S/C11H15NO3/c1-2-5-10(13)12-9-7-4-3-6-8(9)11(14)15/h1,8-9H,3-7H2,(H,12,13)(H,14,15). The minimum absolute atomic E-state index is 0.0167. The molecule has 0 aromatic carbocycles. The molecule has 0 heterocycles. The van der Waals surface area contributed by atoms with Gasteiger partial charge in [0.1, 0.15) is 0 Å². The summed E-state index contributed by atoms with van der Waals surface area (Å²) in [5, 5.41) is 11.6. The van der Waals surface area contributed by atoms with Crippen LogP contribution in [-0.2, 0) is 9.59 Å². The Morgan fingerprint density at radius 3 is 2.67 bits per heavy atom. The topological polar surface area (TPSA) is 66.4 Å². The second-order valence-corrected chi connectivity index (χ2v) is 3.78. The zero-order valence-electron chi connectivity index (χ0n) is 8.53. The first-order chi connectivity index (χ1) is 7.15. The van der Waals surface area contributed by atoms with Crippen LogP contribution in [0.25, 0.3) is 0 Å². The number of carboxylic acid groups (broad SMARTS) is 1. The minimum atomic E-state index is -0.833. The first-order valence-corrected chi connectivity index (χ1v) is 5.10. The maximum Gasteiger partial charge on any atom is 0.308 e. The number of nitrogens with one attached hydrogen (secondary N) is 1. The van der Waals surface area contributed by atoms with E-state index in [0.29, 0.717) is 6.42 Å². The van der Waals surface area contributed by atoms with Gasteiger partial charge in [-0.1, -0.05) is 18.8 Å². The van der Waals surface area contributed by atoms with Gasteiger partial charge < -0.3 is 10.4 Å². The van der Waals surface area contributed by atoms with Gasteiger partial charge in [-0.05, 0) is 12.8 Å². The molecule has 1 fully saturated rings. The summed E-state index contributed by atoms with van der Waals surface area (Å²) in [4.78, 5) is 22.1. The van der Waals surface area contributed by atoms with Gasteiger partial charge in [-0.2, -0.15) is 0 Å². The van der Waals surface area contributed by atoms with E-state index < -0.39 is 11.9 Å². The highest BCUT2D eigenvalue weighted by atomic mass is 16.4. The molecule has 1 amide bonds. The highest BCUT2D eigenvalue weighted by molar-refractivity contribution is 5.80. The Bertz CT molecular complexity index is 293. The van der Waals surface area contributed by atoms with Crippen LogP contribution in [0.2, 0.25) is 0 Å². The van der Waals surface area contributed by atoms with Crippen molar-refractivity contribution in [2.75, 3.05) is 0 Å². The molecule has 0 radical (unpaired) electrons. The van der Waals surface area contributed by atoms with Gasteiger partial charge in [0.05, 0.1) is 12.3 Å². The summed E-state index contributed by atoms with van der Waals surface area (Å²) in [6.45, 7) is 0. The van der Waals surface area contributed by atoms with E-state index in [1.807, 2.05) is 0 Å². The molecule has 0 bridgehead atoms. The zero-order valence-corrected chi connectivity index (χ0v) is 8.53. The quantitative estimate of drug-likeness (QED) is 0.675. The molecule has 1 saturated carbocycles. The SMILES string of the molecule is C#CCC(=O)NC1CCCCC1C(=O)O. The lowest BCUT2D eigenvalue weighted by Gasteiger charge is -2.28. The van der Waals surface area contributed by atoms with Crippen LogP contribution >= 0.6 is 0 Å². The van der Waals surface area contributed by atoms with Gasteiger partial charge in [0.2, 0.25) is 5.91 Å². The molecular weight excluding hydrogens is 194 g/mol. The summed E-state index contributed by atoms with van der Waals surface area (Å²) in [5.41, 5.74) is 0. The molecule has 0 spiro atoms. The Labute approximate surface area is 89.0 Å². The van der Waals surface area contributed by atoms with Crippen molar-refractivity contribution in [1.29, 1.82) is 0 Å². The largest absolute Gasteiger partial charge is 0.481 e. The molecule has 0 aliphatic heterocycles. The van der Waals surface area contributed by atoms with Crippen molar-refractivity contribution >= 4 is 11.9 Å². The fourth-order valence-electron chi connectivity index (χ4n) is 1.95. The molecule has 4 nitrogen and oxygen atoms in total. The van der Waals surface area contributed by atoms with Gasteiger partial charge in [0.25, 0.3) is 0 Å². The summed E-state index contributed by atoms with van der Waals surface area (Å²) in [6.07, 6.45) is 8.26. The predicted molar refractivity (Wildman–Crippen MR) is 55.0 cm³/mol. The molecule has 2 N–H and O–H groups in total. The highest BCUT2D eigenvalue weighted by Gasteiger charge is 2.31. The van der Waals surface area contributed by atoms with Crippen molar-refractivity contribution < 1.29 is 14.7 Å². The summed E-state index contributed by atoms with van der Waals surface area (Å²) in [7, 11) is 0. The van der Waals surface area contributed by atoms with Gasteiger partial charge in [-0.3, -0.25) is 9.59 Å². The number of terminal acetylenes is 1. The van der Waals surface area contributed by atoms with Gasteiger partial charge in [0.15, 0.2) is 0 Å². The number of rotatable bonds is 3. The molecule has 0 aromatic rings. The van der Waals surface area contributed by atoms with E-state index in [4.69, 9.17) is 11.5 Å². The maximum atomic E-state index is 11.2. The molecule has 0 aromatic heterocycles. The molecule has 1 aliphatic carbocycles. The van der Waals surface area contributed by atoms with E-state index in [2.05, 4.69) is 11.2 Å². The number of amides is 1. The van der Waals surface area contributed by atoms with E-state index in [0.717, 1.165) is 19.3 Å². The van der Waals surface area contributed by atoms with E-state index in [9.17, 15) is 9.59 Å². The summed E-state index contributed by atoms with van der Waals surface area (Å²) >= 11 is 0. The van der Waals surface area contributed by atoms with Crippen molar-refractivity contribution in [3.05, 3.63) is 0 Å². The summed E-state index contributed by atoms with van der Waals surface area (Å²) < 4.78 is 0. The van der Waals surface area contributed by atoms with Crippen molar-refractivity contribution in [2.45, 2.75) is 38.1 Å². The average Bonchev–Trinajstić information content (AvgIpc) is 2.18. The van der Waals surface area contributed by atoms with Gasteiger partial charge in [0, 0.05) is 6.04 Å². The third-order valence-corrected chi connectivity index (χ3v) is 2.69. The number of hydrogen-bond donors (Lipinski definition) is 2. The molecule has 2 unspecified atom stereocenters. The Hall–Kier alpha value is -1.50. The lowest BCUT2D eigenvalue weighted by molar-refractivity contribution is -0.144. The van der Waals surface area contributed by atoms with Crippen LogP contribution in [0.1, 0.15) is 32.1 Å². The number of hydrogen-bond acceptors (Lipinski definition) is 2. The lowest BCUT2D eigenvalue weighted by atomic mass is 9.84. The molecule has 1 rings (SSSR count). The molecular formula is C11H15NO3. The van der Waals surface area contributed by atoms with Crippen molar-refractivity contribution in [2.24, 2.45) is 5.92 Å². The summed E-state index contributed by atoms with van der Waals surface area (Å²) in [6, 6.07) is -0.253. The highest BCUT2D eigenvalue weighted by Crippen LogP contribution is 2.24. The zero-order chi connectivity index (χ0) is 11.3. The van der Waals surface area contributed by atoms with Gasteiger partial charge >= 0.3 is 5.97 Å². The molecule has 0 saturated heterocycles. The van der Waals surface area contributed by atoms with Crippen LogP contribution in [0.5, 0.6) is 0 Å². The maximum absolute atomic E-state index is 11.2. The van der Waals surface area contributed by atoms with Crippen molar-refractivity contribution in [1.82, 2.24) is 5.32 Å². The number of carbonyl (C=O) groups is 2. The van der Waals surface area contributed by atoms with E-state index in [1.165, 1.54) is 0 Å². The van der Waals surface area contributed by atoms with Gasteiger partial charge in [-0.15, -0.1) is 6.42 Å². The number of aliphatic carboxylic acids is 1. The predicted octanol–water partition coefficient (Wildman–Crippen LogP) is 0.769. The van der Waals surface area contributed by atoms with Crippen LogP contribution in [-0.4, -0.2) is 23.0 Å². The second kappa shape index (κ2) is 5.40. The Morgan fingerprint density at radius 2 is 2.07 bits per heavy atom. The normalized spacial score (nSPS) is 25.3. The summed E-state index contributed by atoms with van der Waals surface area (Å²) in [5.74, 6) is 0.697. The Kier molecular flexibility index (Phi) is 4.17. The first-order valence-electron chi connectivity index (χ1n) is 5.10. The average molecular weight is 209 g/mol. The van der Waals surface area contributed by atoms with E-state index in [-0.39, 0.29) is 18.4 Å². The van der Waals surface area contributed by atoms with Crippen LogP contribution in [0.4, 0.5) is 0 Å². The van der Waals surface area contributed by atoms with Gasteiger partial charge in [-0.25, -0.2) is 0 Å². The second-order valence-electron chi connectivity index (χ2n) is 3.78. The van der Waals surface area contributed by atoms with E-state index in [1.54, 1.807) is 0 Å². The fourth-order valence-corrected chi connectivity index (χ4v) is 1.95.